The first-order chi connectivity index (χ1) is 17.1. The standard InChI is InChI=1S/C28H36N2O6/c1-6-35-23-16-20(10-13-22(23)31)25-24(27(33)28(34)30(25)15-7-14-29(4)5)26(32)19-8-11-21(12-9-19)36-17-18(2)3/h8-13,16,18,25,31-32H,6-7,14-15,17H2,1-5H3/t25-/m1/s1. The zero-order valence-corrected chi connectivity index (χ0v) is 21.7. The van der Waals surface area contributed by atoms with Crippen LogP contribution in [0.1, 0.15) is 44.4 Å². The molecule has 0 aliphatic carbocycles. The van der Waals surface area contributed by atoms with Crippen LogP contribution in [0.15, 0.2) is 48.0 Å². The lowest BCUT2D eigenvalue weighted by Crippen LogP contribution is -2.32. The number of rotatable bonds is 11. The second-order valence-corrected chi connectivity index (χ2v) is 9.54. The van der Waals surface area contributed by atoms with E-state index < -0.39 is 17.7 Å². The molecule has 0 radical (unpaired) electrons. The first kappa shape index (κ1) is 27.1. The van der Waals surface area contributed by atoms with Crippen LogP contribution < -0.4 is 9.47 Å². The van der Waals surface area contributed by atoms with Crippen LogP contribution >= 0.6 is 0 Å². The first-order valence-corrected chi connectivity index (χ1v) is 12.3. The lowest BCUT2D eigenvalue weighted by molar-refractivity contribution is -0.139. The van der Waals surface area contributed by atoms with E-state index in [4.69, 9.17) is 9.47 Å². The SMILES string of the molecule is CCOc1cc([C@@H]2C(=C(O)c3ccc(OCC(C)C)cc3)C(=O)C(=O)N2CCCN(C)C)ccc1O. The maximum absolute atomic E-state index is 13.2. The molecule has 0 unspecified atom stereocenters. The molecule has 0 aromatic heterocycles. The van der Waals surface area contributed by atoms with E-state index in [0.717, 1.165) is 6.54 Å². The quantitative estimate of drug-likeness (QED) is 0.273. The van der Waals surface area contributed by atoms with E-state index in [0.29, 0.717) is 49.0 Å². The van der Waals surface area contributed by atoms with E-state index >= 15 is 0 Å². The molecule has 2 aromatic rings. The molecule has 0 saturated carbocycles. The van der Waals surface area contributed by atoms with E-state index in [-0.39, 0.29) is 22.8 Å². The Bertz CT molecular complexity index is 1110. The monoisotopic (exact) mass is 496 g/mol. The lowest BCUT2D eigenvalue weighted by atomic mass is 9.95. The normalized spacial score (nSPS) is 17.3. The average Bonchev–Trinajstić information content (AvgIpc) is 3.09. The van der Waals surface area contributed by atoms with Crippen molar-refractivity contribution >= 4 is 17.4 Å². The summed E-state index contributed by atoms with van der Waals surface area (Å²) in [4.78, 5) is 29.8. The molecule has 1 saturated heterocycles. The van der Waals surface area contributed by atoms with Crippen molar-refractivity contribution in [1.29, 1.82) is 0 Å². The van der Waals surface area contributed by atoms with Crippen molar-refractivity contribution in [2.24, 2.45) is 5.92 Å². The van der Waals surface area contributed by atoms with Crippen molar-refractivity contribution in [2.75, 3.05) is 40.4 Å². The number of carbonyl (C=O) groups is 2. The van der Waals surface area contributed by atoms with Crippen LogP contribution in [0, 0.1) is 5.92 Å². The average molecular weight is 497 g/mol. The number of aliphatic hydroxyl groups is 1. The van der Waals surface area contributed by atoms with E-state index in [2.05, 4.69) is 13.8 Å². The van der Waals surface area contributed by atoms with Gasteiger partial charge in [-0.25, -0.2) is 0 Å². The number of Topliss-reactive ketones (excluding diaryl/α,β-unsaturated/α-hetero) is 1. The molecule has 8 nitrogen and oxygen atoms in total. The van der Waals surface area contributed by atoms with Crippen LogP contribution in [0.3, 0.4) is 0 Å². The molecule has 0 bridgehead atoms. The number of nitrogens with zero attached hydrogens (tertiary/aromatic N) is 2. The minimum absolute atomic E-state index is 0.00819. The first-order valence-electron chi connectivity index (χ1n) is 12.3. The van der Waals surface area contributed by atoms with Crippen LogP contribution in [0.25, 0.3) is 5.76 Å². The summed E-state index contributed by atoms with van der Waals surface area (Å²) >= 11 is 0. The molecule has 194 valence electrons. The van der Waals surface area contributed by atoms with Gasteiger partial charge in [-0.15, -0.1) is 0 Å². The number of hydrogen-bond donors (Lipinski definition) is 2. The number of aliphatic hydroxyl groups excluding tert-OH is 1. The number of carbonyl (C=O) groups excluding carboxylic acids is 2. The third kappa shape index (κ3) is 6.18. The second-order valence-electron chi connectivity index (χ2n) is 9.54. The number of aromatic hydroxyl groups is 1. The Morgan fingerprint density at radius 1 is 1.08 bits per heavy atom. The highest BCUT2D eigenvalue weighted by molar-refractivity contribution is 6.46. The minimum Gasteiger partial charge on any atom is -0.507 e. The second kappa shape index (κ2) is 11.9. The number of ether oxygens (including phenoxy) is 2. The van der Waals surface area contributed by atoms with Crippen molar-refractivity contribution < 1.29 is 29.3 Å². The van der Waals surface area contributed by atoms with Gasteiger partial charge in [-0.2, -0.15) is 0 Å². The highest BCUT2D eigenvalue weighted by Gasteiger charge is 2.46. The van der Waals surface area contributed by atoms with Crippen molar-refractivity contribution in [3.05, 3.63) is 59.2 Å². The predicted octanol–water partition coefficient (Wildman–Crippen LogP) is 4.20. The number of phenolic OH excluding ortho intramolecular Hbond substituents is 1. The van der Waals surface area contributed by atoms with Gasteiger partial charge in [-0.3, -0.25) is 9.59 Å². The van der Waals surface area contributed by atoms with Crippen LogP contribution in [-0.4, -0.2) is 72.1 Å². The molecule has 2 N–H and O–H groups in total. The fraction of sp³-hybridized carbons (Fsp3) is 0.429. The number of phenols is 1. The Kier molecular flexibility index (Phi) is 8.98. The van der Waals surface area contributed by atoms with Gasteiger partial charge in [0.1, 0.15) is 11.5 Å². The van der Waals surface area contributed by atoms with Gasteiger partial charge in [0, 0.05) is 12.1 Å². The molecule has 2 aromatic carbocycles. The van der Waals surface area contributed by atoms with Crippen molar-refractivity contribution in [2.45, 2.75) is 33.2 Å². The molecule has 1 aliphatic rings. The number of hydrogen-bond acceptors (Lipinski definition) is 7. The van der Waals surface area contributed by atoms with Gasteiger partial charge in [0.05, 0.1) is 24.8 Å². The molecule has 36 heavy (non-hydrogen) atoms. The molecular formula is C28H36N2O6. The molecule has 1 aliphatic heterocycles. The number of ketones is 1. The summed E-state index contributed by atoms with van der Waals surface area (Å²) < 4.78 is 11.2. The Morgan fingerprint density at radius 2 is 1.78 bits per heavy atom. The van der Waals surface area contributed by atoms with E-state index in [1.54, 1.807) is 43.3 Å². The molecule has 0 spiro atoms. The van der Waals surface area contributed by atoms with Gasteiger partial charge >= 0.3 is 0 Å². The zero-order valence-electron chi connectivity index (χ0n) is 21.7. The number of amides is 1. The summed E-state index contributed by atoms with van der Waals surface area (Å²) in [6, 6.07) is 10.7. The predicted molar refractivity (Wildman–Crippen MR) is 138 cm³/mol. The third-order valence-electron chi connectivity index (χ3n) is 5.85. The van der Waals surface area contributed by atoms with Crippen LogP contribution in [0.2, 0.25) is 0 Å². The zero-order chi connectivity index (χ0) is 26.4. The Morgan fingerprint density at radius 3 is 2.39 bits per heavy atom. The fourth-order valence-electron chi connectivity index (χ4n) is 4.11. The molecule has 1 heterocycles. The summed E-state index contributed by atoms with van der Waals surface area (Å²) in [5.41, 5.74) is 0.986. The Labute approximate surface area is 212 Å². The molecule has 1 atom stereocenters. The maximum Gasteiger partial charge on any atom is 0.295 e. The Hall–Kier alpha value is -3.52. The van der Waals surface area contributed by atoms with Crippen molar-refractivity contribution in [3.63, 3.8) is 0 Å². The van der Waals surface area contributed by atoms with Gasteiger partial charge in [-0.1, -0.05) is 19.9 Å². The lowest BCUT2D eigenvalue weighted by Gasteiger charge is -2.26. The number of benzene rings is 2. The minimum atomic E-state index is -0.816. The molecule has 1 fully saturated rings. The van der Waals surface area contributed by atoms with E-state index in [1.165, 1.54) is 11.0 Å². The summed E-state index contributed by atoms with van der Waals surface area (Å²) in [5.74, 6) is -0.427. The fourth-order valence-corrected chi connectivity index (χ4v) is 4.11. The highest BCUT2D eigenvalue weighted by Crippen LogP contribution is 2.42. The van der Waals surface area contributed by atoms with Crippen LogP contribution in [-0.2, 0) is 9.59 Å². The van der Waals surface area contributed by atoms with E-state index in [9.17, 15) is 19.8 Å². The van der Waals surface area contributed by atoms with E-state index in [1.807, 2.05) is 19.0 Å². The van der Waals surface area contributed by atoms with Gasteiger partial charge < -0.3 is 29.5 Å². The molecule has 3 rings (SSSR count). The summed E-state index contributed by atoms with van der Waals surface area (Å²) in [7, 11) is 3.88. The smallest absolute Gasteiger partial charge is 0.295 e. The number of likely N-dealkylation sites (tertiary alicyclic amines) is 1. The highest BCUT2D eigenvalue weighted by atomic mass is 16.5. The summed E-state index contributed by atoms with van der Waals surface area (Å²) in [5, 5.41) is 21.4. The van der Waals surface area contributed by atoms with Gasteiger partial charge in [0.25, 0.3) is 11.7 Å². The van der Waals surface area contributed by atoms with Crippen molar-refractivity contribution in [1.82, 2.24) is 9.80 Å². The van der Waals surface area contributed by atoms with Gasteiger partial charge in [0.2, 0.25) is 0 Å². The van der Waals surface area contributed by atoms with Crippen LogP contribution in [0.4, 0.5) is 0 Å². The summed E-state index contributed by atoms with van der Waals surface area (Å²) in [6.45, 7) is 7.87. The maximum atomic E-state index is 13.2. The van der Waals surface area contributed by atoms with Crippen LogP contribution in [0.5, 0.6) is 17.2 Å². The molecular weight excluding hydrogens is 460 g/mol. The van der Waals surface area contributed by atoms with Crippen molar-refractivity contribution in [3.8, 4) is 17.2 Å². The van der Waals surface area contributed by atoms with Gasteiger partial charge in [0.15, 0.2) is 11.5 Å². The summed E-state index contributed by atoms with van der Waals surface area (Å²) in [6.07, 6.45) is 0.648. The Balaban J connectivity index is 2.05. The third-order valence-corrected chi connectivity index (χ3v) is 5.85. The topological polar surface area (TPSA) is 99.5 Å². The molecule has 1 amide bonds. The van der Waals surface area contributed by atoms with Gasteiger partial charge in [-0.05, 0) is 81.9 Å². The molecule has 8 heteroatoms. The largest absolute Gasteiger partial charge is 0.507 e.